The number of hydrogen-bond acceptors (Lipinski definition) is 3. The molecule has 0 aromatic carbocycles. The third-order valence-electron chi connectivity index (χ3n) is 4.80. The Kier molecular flexibility index (Phi) is 13.0. The van der Waals surface area contributed by atoms with Gasteiger partial charge in [0.1, 0.15) is 0 Å². The van der Waals surface area contributed by atoms with Gasteiger partial charge < -0.3 is 0 Å². The molecule has 0 bridgehead atoms. The fraction of sp³-hybridized carbons (Fsp3) is 0.842. The van der Waals surface area contributed by atoms with Gasteiger partial charge in [0.25, 0.3) is 0 Å². The summed E-state index contributed by atoms with van der Waals surface area (Å²) in [5, 5.41) is 0. The van der Waals surface area contributed by atoms with Crippen molar-refractivity contribution < 1.29 is 14.3 Å². The molecule has 0 saturated heterocycles. The molecular formula is C19H38O3Sn. The van der Waals surface area contributed by atoms with Crippen LogP contribution in [0.25, 0.3) is 0 Å². The van der Waals surface area contributed by atoms with E-state index in [1.54, 1.807) is 3.59 Å². The molecule has 1 atom stereocenters. The molecule has 0 spiro atoms. The van der Waals surface area contributed by atoms with E-state index in [2.05, 4.69) is 38.5 Å². The minimum atomic E-state index is -2.34. The van der Waals surface area contributed by atoms with E-state index in [-0.39, 0.29) is 6.10 Å². The molecule has 0 amide bonds. The van der Waals surface area contributed by atoms with Crippen LogP contribution in [0.15, 0.2) is 9.67 Å². The van der Waals surface area contributed by atoms with E-state index in [0.29, 0.717) is 0 Å². The van der Waals surface area contributed by atoms with E-state index in [0.717, 1.165) is 0 Å². The number of allylic oxidation sites excluding steroid dienone is 1. The molecule has 0 N–H and O–H groups in total. The Labute approximate surface area is 148 Å². The van der Waals surface area contributed by atoms with Gasteiger partial charge >= 0.3 is 148 Å². The Morgan fingerprint density at radius 1 is 1.00 bits per heavy atom. The molecule has 0 aliphatic rings. The van der Waals surface area contributed by atoms with Crippen LogP contribution in [0.2, 0.25) is 13.3 Å². The standard InChI is InChI=1S/C7H11O3.3C4H9.Sn/c1-4-5-6(2)10-7(8)9-3;3*1-3-4-2;/h5-6H,1-3H3;3*1,3-4H2,2H3;. The summed E-state index contributed by atoms with van der Waals surface area (Å²) in [5.41, 5.74) is 0. The van der Waals surface area contributed by atoms with Gasteiger partial charge in [-0.25, -0.2) is 0 Å². The molecule has 0 rings (SSSR count). The topological polar surface area (TPSA) is 35.5 Å². The van der Waals surface area contributed by atoms with Crippen LogP contribution in [0.3, 0.4) is 0 Å². The first kappa shape index (κ1) is 22.8. The fourth-order valence-corrected chi connectivity index (χ4v) is 19.3. The second kappa shape index (κ2) is 13.1. The Bertz CT molecular complexity index is 331. The van der Waals surface area contributed by atoms with E-state index in [4.69, 9.17) is 4.74 Å². The number of unbranched alkanes of at least 4 members (excludes halogenated alkanes) is 3. The number of methoxy groups -OCH3 is 1. The van der Waals surface area contributed by atoms with Crippen LogP contribution in [0.4, 0.5) is 4.79 Å². The predicted octanol–water partition coefficient (Wildman–Crippen LogP) is 6.49. The van der Waals surface area contributed by atoms with E-state index in [1.165, 1.54) is 58.9 Å². The van der Waals surface area contributed by atoms with Gasteiger partial charge in [0, 0.05) is 0 Å². The predicted molar refractivity (Wildman–Crippen MR) is 102 cm³/mol. The summed E-state index contributed by atoms with van der Waals surface area (Å²) in [6.07, 6.45) is 9.31. The average molecular weight is 433 g/mol. The van der Waals surface area contributed by atoms with Gasteiger partial charge in [-0.05, 0) is 0 Å². The van der Waals surface area contributed by atoms with Crippen LogP contribution in [-0.4, -0.2) is 37.7 Å². The molecule has 0 aromatic heterocycles. The van der Waals surface area contributed by atoms with Crippen molar-refractivity contribution in [2.75, 3.05) is 7.11 Å². The van der Waals surface area contributed by atoms with Crippen LogP contribution in [0, 0.1) is 0 Å². The first-order valence-electron chi connectivity index (χ1n) is 9.39. The number of rotatable bonds is 12. The van der Waals surface area contributed by atoms with Crippen molar-refractivity contribution in [2.24, 2.45) is 0 Å². The zero-order chi connectivity index (χ0) is 17.7. The summed E-state index contributed by atoms with van der Waals surface area (Å²) in [5.74, 6) is 0. The summed E-state index contributed by atoms with van der Waals surface area (Å²) >= 11 is -2.34. The maximum atomic E-state index is 11.3. The van der Waals surface area contributed by atoms with Crippen molar-refractivity contribution in [3.63, 3.8) is 0 Å². The second-order valence-corrected chi connectivity index (χ2v) is 20.6. The van der Waals surface area contributed by atoms with Gasteiger partial charge in [0.15, 0.2) is 0 Å². The van der Waals surface area contributed by atoms with Crippen LogP contribution in [0.5, 0.6) is 0 Å². The third kappa shape index (κ3) is 9.02. The minimum absolute atomic E-state index is 0.191. The Balaban J connectivity index is 5.26. The summed E-state index contributed by atoms with van der Waals surface area (Å²) in [6, 6.07) is 0. The molecule has 3 nitrogen and oxygen atoms in total. The van der Waals surface area contributed by atoms with Gasteiger partial charge in [-0.1, -0.05) is 0 Å². The monoisotopic (exact) mass is 434 g/mol. The van der Waals surface area contributed by atoms with Gasteiger partial charge in [-0.2, -0.15) is 0 Å². The van der Waals surface area contributed by atoms with E-state index < -0.39 is 24.5 Å². The van der Waals surface area contributed by atoms with Crippen LogP contribution < -0.4 is 0 Å². The van der Waals surface area contributed by atoms with Gasteiger partial charge in [-0.15, -0.1) is 0 Å². The summed E-state index contributed by atoms with van der Waals surface area (Å²) in [6.45, 7) is 11.1. The van der Waals surface area contributed by atoms with E-state index in [1.807, 2.05) is 6.92 Å². The van der Waals surface area contributed by atoms with Crippen molar-refractivity contribution in [3.8, 4) is 0 Å². The summed E-state index contributed by atoms with van der Waals surface area (Å²) < 4.78 is 15.8. The van der Waals surface area contributed by atoms with Crippen molar-refractivity contribution in [1.29, 1.82) is 0 Å². The molecular weight excluding hydrogens is 395 g/mol. The number of hydrogen-bond donors (Lipinski definition) is 0. The van der Waals surface area contributed by atoms with Crippen molar-refractivity contribution >= 4 is 24.5 Å². The number of ether oxygens (including phenoxy) is 2. The fourth-order valence-electron chi connectivity index (χ4n) is 3.27. The Morgan fingerprint density at radius 3 is 1.78 bits per heavy atom. The molecule has 136 valence electrons. The molecule has 23 heavy (non-hydrogen) atoms. The second-order valence-electron chi connectivity index (χ2n) is 6.72. The van der Waals surface area contributed by atoms with Crippen molar-refractivity contribution in [1.82, 2.24) is 0 Å². The van der Waals surface area contributed by atoms with Crippen LogP contribution in [-0.2, 0) is 9.47 Å². The Morgan fingerprint density at radius 2 is 1.43 bits per heavy atom. The SMILES string of the molecule is CCC[CH2][Sn]([CH2]CCC)([CH2]CCC)/[C](C)=C/C(C)OC(=O)OC. The quantitative estimate of drug-likeness (QED) is 0.261. The molecule has 0 radical (unpaired) electrons. The molecule has 4 heteroatoms. The first-order valence-corrected chi connectivity index (χ1v) is 16.9. The molecule has 0 aliphatic heterocycles. The van der Waals surface area contributed by atoms with Gasteiger partial charge in [0.2, 0.25) is 0 Å². The number of carbonyl (C=O) groups excluding carboxylic acids is 1. The van der Waals surface area contributed by atoms with E-state index >= 15 is 0 Å². The zero-order valence-electron chi connectivity index (χ0n) is 16.2. The van der Waals surface area contributed by atoms with Gasteiger partial charge in [0.05, 0.1) is 0 Å². The molecule has 0 saturated carbocycles. The molecule has 0 aliphatic carbocycles. The molecule has 0 heterocycles. The Hall–Kier alpha value is -0.191. The van der Waals surface area contributed by atoms with Crippen LogP contribution >= 0.6 is 0 Å². The van der Waals surface area contributed by atoms with Gasteiger partial charge in [-0.3, -0.25) is 0 Å². The molecule has 0 aromatic rings. The molecule has 0 fully saturated rings. The summed E-state index contributed by atoms with van der Waals surface area (Å²) in [7, 11) is 1.36. The first-order chi connectivity index (χ1) is 11.0. The van der Waals surface area contributed by atoms with Crippen molar-refractivity contribution in [3.05, 3.63) is 9.67 Å². The summed E-state index contributed by atoms with van der Waals surface area (Å²) in [4.78, 5) is 11.3. The normalized spacial score (nSPS) is 13.7. The molecule has 1 unspecified atom stereocenters. The number of carbonyl (C=O) groups is 1. The zero-order valence-corrected chi connectivity index (χ0v) is 19.1. The van der Waals surface area contributed by atoms with E-state index in [9.17, 15) is 4.79 Å². The average Bonchev–Trinajstić information content (AvgIpc) is 2.54. The van der Waals surface area contributed by atoms with Crippen LogP contribution in [0.1, 0.15) is 73.1 Å². The third-order valence-corrected chi connectivity index (χ3v) is 21.3. The maximum absolute atomic E-state index is 11.3. The van der Waals surface area contributed by atoms with Crippen molar-refractivity contribution in [2.45, 2.75) is 92.6 Å².